The first-order valence-electron chi connectivity index (χ1n) is 6.45. The summed E-state index contributed by atoms with van der Waals surface area (Å²) in [5, 5.41) is 9.14. The average molecular weight is 350 g/mol. The molecular weight excluding hydrogens is 336 g/mol. The molecule has 0 aliphatic heterocycles. The molecule has 132 valence electrons. The van der Waals surface area contributed by atoms with Gasteiger partial charge in [0.15, 0.2) is 0 Å². The molecule has 0 aliphatic rings. The van der Waals surface area contributed by atoms with E-state index in [0.29, 0.717) is 18.6 Å². The van der Waals surface area contributed by atoms with Gasteiger partial charge in [0.2, 0.25) is 0 Å². The highest BCUT2D eigenvalue weighted by Gasteiger charge is 2.73. The number of alkyl halides is 6. The quantitative estimate of drug-likeness (QED) is 0.764. The molecule has 0 radical (unpaired) electrons. The zero-order valence-electron chi connectivity index (χ0n) is 12.3. The van der Waals surface area contributed by atoms with Gasteiger partial charge < -0.3 is 5.11 Å². The number of halogens is 8. The van der Waals surface area contributed by atoms with Crippen LogP contribution in [0.4, 0.5) is 35.1 Å². The Morgan fingerprint density at radius 3 is 1.48 bits per heavy atom. The van der Waals surface area contributed by atoms with Gasteiger partial charge in [0.1, 0.15) is 11.6 Å². The van der Waals surface area contributed by atoms with Gasteiger partial charge in [0.25, 0.3) is 5.60 Å². The van der Waals surface area contributed by atoms with Crippen LogP contribution in [-0.2, 0) is 11.0 Å². The number of aliphatic hydroxyl groups is 1. The van der Waals surface area contributed by atoms with E-state index in [9.17, 15) is 35.1 Å². The molecule has 0 fully saturated rings. The highest BCUT2D eigenvalue weighted by atomic mass is 19.4. The molecule has 0 atom stereocenters. The summed E-state index contributed by atoms with van der Waals surface area (Å²) in [7, 11) is 0. The first-order valence-corrected chi connectivity index (χ1v) is 6.45. The molecule has 1 N–H and O–H groups in total. The first kappa shape index (κ1) is 19.7. The average Bonchev–Trinajstić information content (AvgIpc) is 2.34. The van der Waals surface area contributed by atoms with Gasteiger partial charge in [-0.05, 0) is 29.5 Å². The zero-order chi connectivity index (χ0) is 18.4. The maximum atomic E-state index is 13.9. The standard InChI is InChI=1S/C14H14F8O/c1-4-11(2,3)7-5-8(15)10(9(16)6-7)12(23,13(17,18)19)14(20,21)22/h5-6,23H,4H2,1-3H3. The van der Waals surface area contributed by atoms with E-state index in [1.165, 1.54) is 13.8 Å². The van der Waals surface area contributed by atoms with Crippen molar-refractivity contribution in [3.05, 3.63) is 34.9 Å². The largest absolute Gasteiger partial charge is 0.430 e. The van der Waals surface area contributed by atoms with Crippen LogP contribution in [0.1, 0.15) is 38.3 Å². The van der Waals surface area contributed by atoms with Crippen LogP contribution in [0.2, 0.25) is 0 Å². The number of hydrogen-bond acceptors (Lipinski definition) is 1. The molecule has 0 aromatic heterocycles. The van der Waals surface area contributed by atoms with Gasteiger partial charge in [-0.3, -0.25) is 0 Å². The van der Waals surface area contributed by atoms with Crippen molar-refractivity contribution in [2.24, 2.45) is 0 Å². The van der Waals surface area contributed by atoms with Crippen molar-refractivity contribution in [1.82, 2.24) is 0 Å². The minimum absolute atomic E-state index is 0.120. The van der Waals surface area contributed by atoms with Gasteiger partial charge in [-0.25, -0.2) is 8.78 Å². The van der Waals surface area contributed by atoms with Crippen LogP contribution in [0.5, 0.6) is 0 Å². The van der Waals surface area contributed by atoms with Crippen molar-refractivity contribution >= 4 is 0 Å². The van der Waals surface area contributed by atoms with Crippen LogP contribution >= 0.6 is 0 Å². The van der Waals surface area contributed by atoms with E-state index in [0.717, 1.165) is 0 Å². The molecule has 0 unspecified atom stereocenters. The Hall–Kier alpha value is -1.38. The van der Waals surface area contributed by atoms with E-state index < -0.39 is 40.6 Å². The maximum Gasteiger partial charge on any atom is 0.430 e. The Morgan fingerprint density at radius 1 is 0.870 bits per heavy atom. The second-order valence-electron chi connectivity index (χ2n) is 5.76. The van der Waals surface area contributed by atoms with Crippen molar-refractivity contribution in [3.63, 3.8) is 0 Å². The van der Waals surface area contributed by atoms with Crippen LogP contribution in [0, 0.1) is 11.6 Å². The van der Waals surface area contributed by atoms with Crippen molar-refractivity contribution in [2.75, 3.05) is 0 Å². The van der Waals surface area contributed by atoms with E-state index in [2.05, 4.69) is 0 Å². The maximum absolute atomic E-state index is 13.9. The monoisotopic (exact) mass is 350 g/mol. The third-order valence-corrected chi connectivity index (χ3v) is 3.89. The highest BCUT2D eigenvalue weighted by Crippen LogP contribution is 2.51. The summed E-state index contributed by atoms with van der Waals surface area (Å²) in [5.41, 5.74) is -9.11. The summed E-state index contributed by atoms with van der Waals surface area (Å²) in [6, 6.07) is 0.759. The molecule has 0 amide bonds. The summed E-state index contributed by atoms with van der Waals surface area (Å²) in [6.07, 6.45) is -12.4. The summed E-state index contributed by atoms with van der Waals surface area (Å²) in [5.74, 6) is -4.22. The Morgan fingerprint density at radius 2 is 1.22 bits per heavy atom. The molecule has 0 spiro atoms. The van der Waals surface area contributed by atoms with Crippen molar-refractivity contribution in [2.45, 2.75) is 50.6 Å². The van der Waals surface area contributed by atoms with Crippen molar-refractivity contribution in [1.29, 1.82) is 0 Å². The van der Waals surface area contributed by atoms with Crippen LogP contribution in [0.25, 0.3) is 0 Å². The predicted octanol–water partition coefficient (Wildman–Crippen LogP) is 4.96. The topological polar surface area (TPSA) is 20.2 Å². The van der Waals surface area contributed by atoms with Gasteiger partial charge in [0.05, 0.1) is 5.56 Å². The summed E-state index contributed by atoms with van der Waals surface area (Å²) >= 11 is 0. The molecule has 0 bridgehead atoms. The Bertz CT molecular complexity index is 548. The second-order valence-corrected chi connectivity index (χ2v) is 5.76. The highest BCUT2D eigenvalue weighted by molar-refractivity contribution is 5.36. The van der Waals surface area contributed by atoms with Crippen molar-refractivity contribution < 1.29 is 40.2 Å². The minimum atomic E-state index is -6.35. The van der Waals surface area contributed by atoms with Gasteiger partial charge in [-0.1, -0.05) is 20.8 Å². The SMILES string of the molecule is CCC(C)(C)c1cc(F)c(C(O)(C(F)(F)F)C(F)(F)F)c(F)c1. The molecule has 0 saturated heterocycles. The first-order chi connectivity index (χ1) is 10.1. The fraction of sp³-hybridized carbons (Fsp3) is 0.571. The predicted molar refractivity (Wildman–Crippen MR) is 65.7 cm³/mol. The molecule has 1 aromatic carbocycles. The molecule has 0 heterocycles. The molecule has 1 nitrogen and oxygen atoms in total. The number of rotatable bonds is 3. The molecule has 23 heavy (non-hydrogen) atoms. The number of benzene rings is 1. The Balaban J connectivity index is 3.73. The third-order valence-electron chi connectivity index (χ3n) is 3.89. The van der Waals surface area contributed by atoms with Crippen LogP contribution < -0.4 is 0 Å². The molecular formula is C14H14F8O. The summed E-state index contributed by atoms with van der Waals surface area (Å²) in [4.78, 5) is 0. The summed E-state index contributed by atoms with van der Waals surface area (Å²) in [6.45, 7) is 4.66. The van der Waals surface area contributed by atoms with Gasteiger partial charge in [-0.15, -0.1) is 0 Å². The number of hydrogen-bond donors (Lipinski definition) is 1. The van der Waals surface area contributed by atoms with Crippen LogP contribution in [0.3, 0.4) is 0 Å². The van der Waals surface area contributed by atoms with Crippen LogP contribution in [-0.4, -0.2) is 17.5 Å². The Kier molecular flexibility index (Phi) is 4.80. The molecule has 1 aromatic rings. The minimum Gasteiger partial charge on any atom is -0.369 e. The van der Waals surface area contributed by atoms with Crippen molar-refractivity contribution in [3.8, 4) is 0 Å². The smallest absolute Gasteiger partial charge is 0.369 e. The van der Waals surface area contributed by atoms with E-state index in [1.807, 2.05) is 0 Å². The molecule has 0 saturated carbocycles. The Labute approximate surface area is 126 Å². The lowest BCUT2D eigenvalue weighted by atomic mass is 9.80. The lowest BCUT2D eigenvalue weighted by Crippen LogP contribution is -2.55. The van der Waals surface area contributed by atoms with E-state index in [-0.39, 0.29) is 5.56 Å². The lowest BCUT2D eigenvalue weighted by molar-refractivity contribution is -0.377. The van der Waals surface area contributed by atoms with Gasteiger partial charge in [0, 0.05) is 0 Å². The summed E-state index contributed by atoms with van der Waals surface area (Å²) < 4.78 is 104. The van der Waals surface area contributed by atoms with E-state index >= 15 is 0 Å². The van der Waals surface area contributed by atoms with E-state index in [1.54, 1.807) is 6.92 Å². The lowest BCUT2D eigenvalue weighted by Gasteiger charge is -2.34. The zero-order valence-corrected chi connectivity index (χ0v) is 12.3. The second kappa shape index (κ2) is 5.61. The normalized spacial score (nSPS) is 14.3. The molecule has 9 heteroatoms. The third kappa shape index (κ3) is 3.15. The molecule has 0 aliphatic carbocycles. The van der Waals surface area contributed by atoms with Crippen LogP contribution in [0.15, 0.2) is 12.1 Å². The fourth-order valence-electron chi connectivity index (χ4n) is 1.96. The molecule has 1 rings (SSSR count). The van der Waals surface area contributed by atoms with Gasteiger partial charge >= 0.3 is 12.4 Å². The van der Waals surface area contributed by atoms with Gasteiger partial charge in [-0.2, -0.15) is 26.3 Å². The fourth-order valence-corrected chi connectivity index (χ4v) is 1.96. The van der Waals surface area contributed by atoms with E-state index in [4.69, 9.17) is 5.11 Å².